The Labute approximate surface area is 462 Å². The minimum atomic E-state index is -0.660. The van der Waals surface area contributed by atoms with Gasteiger partial charge in [0.15, 0.2) is 5.58 Å². The van der Waals surface area contributed by atoms with E-state index in [2.05, 4.69) is 74.9 Å². The lowest BCUT2D eigenvalue weighted by Crippen LogP contribution is -2.14. The largest absolute Gasteiger partial charge is 0.454 e. The van der Waals surface area contributed by atoms with Crippen LogP contribution in [0.15, 0.2) is 210 Å². The first-order valence-electron chi connectivity index (χ1n) is 30.4. The summed E-state index contributed by atoms with van der Waals surface area (Å²) in [6, 6.07) is 45.4. The fourth-order valence-corrected chi connectivity index (χ4v) is 13.9. The minimum Gasteiger partial charge on any atom is -0.454 e. The van der Waals surface area contributed by atoms with Crippen molar-refractivity contribution in [1.29, 1.82) is 5.26 Å². The highest BCUT2D eigenvalue weighted by Gasteiger charge is 2.36. The lowest BCUT2D eigenvalue weighted by molar-refractivity contribution is 0.671. The van der Waals surface area contributed by atoms with E-state index in [1.54, 1.807) is 11.3 Å². The molecule has 0 aliphatic rings. The fourth-order valence-electron chi connectivity index (χ4n) is 12.6. The van der Waals surface area contributed by atoms with Crippen molar-refractivity contribution in [2.75, 3.05) is 0 Å². The zero-order chi connectivity index (χ0) is 60.4. The molecule has 78 heavy (non-hydrogen) atoms. The van der Waals surface area contributed by atoms with E-state index in [1.165, 1.54) is 4.57 Å². The third kappa shape index (κ3) is 5.43. The van der Waals surface area contributed by atoms with E-state index in [0.717, 1.165) is 74.6 Å². The molecule has 0 aliphatic carbocycles. The number of fused-ring (bicyclic) bond motifs is 20. The number of para-hydroxylation sites is 6. The maximum atomic E-state index is 12.9. The van der Waals surface area contributed by atoms with Crippen molar-refractivity contribution in [1.82, 2.24) is 18.3 Å². The minimum absolute atomic E-state index is 0.124. The normalized spacial score (nSPS) is 14.0. The molecule has 0 aliphatic heterocycles. The smallest absolute Gasteiger partial charge is 0.237 e. The number of hydrogen-bond acceptors (Lipinski definition) is 3. The third-order valence-corrected chi connectivity index (χ3v) is 17.2. The second-order valence-corrected chi connectivity index (χ2v) is 20.9. The van der Waals surface area contributed by atoms with Gasteiger partial charge < -0.3 is 22.7 Å². The Hall–Kier alpha value is -10.4. The summed E-state index contributed by atoms with van der Waals surface area (Å²) in [5, 5.41) is 19.4. The standard InChI is InChI=1S/C70H40N6OS/c1-39-36-52-49-33-35-51-47-24-10-17-31-61(47)78-70(51)66(49)76(59(52)37-40(39)2)68-64(73-54-25-11-4-18-41(54)42-19-5-12-26-55(42)73)53(38-71)63(62(72-3)67(68)74-56-27-13-6-20-43(56)44-21-7-14-28-57(44)74)75-58-29-15-8-22-45(58)48-32-34-50-46-23-9-16-30-60(46)77-69(50)65(48)75/h4-37H,1-2H3/i8D,9D,15D,16D,22D,23D,29D,30D,32D,34D. The third-order valence-electron chi connectivity index (χ3n) is 16.0. The Morgan fingerprint density at radius 3 is 1.68 bits per heavy atom. The monoisotopic (exact) mass is 1020 g/mol. The van der Waals surface area contributed by atoms with Gasteiger partial charge >= 0.3 is 0 Å². The Morgan fingerprint density at radius 1 is 0.462 bits per heavy atom. The van der Waals surface area contributed by atoms with Gasteiger partial charge in [0.1, 0.15) is 11.7 Å². The quantitative estimate of drug-likeness (QED) is 0.165. The van der Waals surface area contributed by atoms with E-state index in [1.807, 2.05) is 109 Å². The molecule has 7 nitrogen and oxygen atoms in total. The molecular formula is C70H40N6OS. The summed E-state index contributed by atoms with van der Waals surface area (Å²) in [5.41, 5.74) is 5.97. The molecule has 6 heterocycles. The van der Waals surface area contributed by atoms with E-state index < -0.39 is 60.4 Å². The van der Waals surface area contributed by atoms with Crippen molar-refractivity contribution in [2.24, 2.45) is 0 Å². The number of benzene rings is 11. The molecule has 17 aromatic rings. The highest BCUT2D eigenvalue weighted by molar-refractivity contribution is 7.26. The van der Waals surface area contributed by atoms with Crippen molar-refractivity contribution >= 4 is 146 Å². The van der Waals surface area contributed by atoms with Gasteiger partial charge in [-0.2, -0.15) is 5.26 Å². The molecule has 11 aromatic carbocycles. The van der Waals surface area contributed by atoms with Crippen LogP contribution >= 0.6 is 11.3 Å². The van der Waals surface area contributed by atoms with Crippen LogP contribution in [0.3, 0.4) is 0 Å². The molecule has 0 amide bonds. The van der Waals surface area contributed by atoms with Crippen LogP contribution < -0.4 is 0 Å². The van der Waals surface area contributed by atoms with Gasteiger partial charge in [0.25, 0.3) is 0 Å². The van der Waals surface area contributed by atoms with Gasteiger partial charge in [0.05, 0.1) is 97.4 Å². The van der Waals surface area contributed by atoms with Crippen LogP contribution in [0.2, 0.25) is 0 Å². The molecule has 0 bridgehead atoms. The van der Waals surface area contributed by atoms with Crippen LogP contribution in [0.25, 0.3) is 157 Å². The van der Waals surface area contributed by atoms with Gasteiger partial charge in [-0.15, -0.1) is 11.3 Å². The summed E-state index contributed by atoms with van der Waals surface area (Å²) in [6.07, 6.45) is 0. The maximum Gasteiger partial charge on any atom is 0.237 e. The van der Waals surface area contributed by atoms with E-state index in [-0.39, 0.29) is 72.1 Å². The average molecular weight is 1020 g/mol. The lowest BCUT2D eigenvalue weighted by atomic mass is 10.0. The molecule has 0 radical (unpaired) electrons. The van der Waals surface area contributed by atoms with E-state index in [0.29, 0.717) is 27.8 Å². The Kier molecular flexibility index (Phi) is 6.85. The maximum absolute atomic E-state index is 12.9. The second kappa shape index (κ2) is 15.6. The molecule has 0 N–H and O–H groups in total. The first-order valence-corrected chi connectivity index (χ1v) is 26.2. The number of rotatable bonds is 4. The summed E-state index contributed by atoms with van der Waals surface area (Å²) in [4.78, 5) is 4.65. The van der Waals surface area contributed by atoms with E-state index in [9.17, 15) is 21.4 Å². The summed E-state index contributed by atoms with van der Waals surface area (Å²) in [6.45, 7) is 14.2. The number of nitrogens with zero attached hydrogens (tertiary/aromatic N) is 6. The highest BCUT2D eigenvalue weighted by atomic mass is 32.1. The number of nitriles is 1. The summed E-state index contributed by atoms with van der Waals surface area (Å²) < 4.78 is 111. The van der Waals surface area contributed by atoms with Crippen LogP contribution in [-0.4, -0.2) is 18.3 Å². The zero-order valence-electron chi connectivity index (χ0n) is 51.4. The predicted molar refractivity (Wildman–Crippen MR) is 324 cm³/mol. The van der Waals surface area contributed by atoms with E-state index in [4.69, 9.17) is 8.53 Å². The number of furan rings is 1. The molecule has 0 unspecified atom stereocenters. The van der Waals surface area contributed by atoms with Crippen molar-refractivity contribution < 1.29 is 18.1 Å². The summed E-state index contributed by atoms with van der Waals surface area (Å²) in [5.74, 6) is 0. The topological polar surface area (TPSA) is 61.0 Å². The fraction of sp³-hybridized carbons (Fsp3) is 0.0286. The molecule has 0 atom stereocenters. The Morgan fingerprint density at radius 2 is 1.01 bits per heavy atom. The van der Waals surface area contributed by atoms with Gasteiger partial charge in [0.2, 0.25) is 5.69 Å². The van der Waals surface area contributed by atoms with Crippen LogP contribution in [0.5, 0.6) is 0 Å². The summed E-state index contributed by atoms with van der Waals surface area (Å²) in [7, 11) is 0. The van der Waals surface area contributed by atoms with Crippen molar-refractivity contribution in [3.63, 3.8) is 0 Å². The highest BCUT2D eigenvalue weighted by Crippen LogP contribution is 2.54. The molecule has 0 fully saturated rings. The Bertz CT molecular complexity index is 6010. The average Bonchev–Trinajstić information content (AvgIpc) is 1.49. The molecule has 362 valence electrons. The SMILES string of the molecule is [2H]c1c([2H])c([2H])c2c(oc3c2c([2H])c([2H])c2c4c([2H])c([2H])c([2H])c([2H])c4n(-c4c(C#N)c(-n5c6ccccc6c6ccccc65)c(-n5c6cc(C)c(C)cc6c6ccc7c8ccccc8sc7c65)c(-n5c6ccccc6c6ccccc65)c4[N+]#[C-])c32)c1[2H]. The van der Waals surface area contributed by atoms with Crippen LogP contribution in [0.4, 0.5) is 5.69 Å². The zero-order valence-corrected chi connectivity index (χ0v) is 42.2. The van der Waals surface area contributed by atoms with Crippen molar-refractivity contribution in [2.45, 2.75) is 13.8 Å². The van der Waals surface area contributed by atoms with Gasteiger partial charge in [0, 0.05) is 69.3 Å². The van der Waals surface area contributed by atoms with Crippen LogP contribution in [0, 0.1) is 31.8 Å². The van der Waals surface area contributed by atoms with Gasteiger partial charge in [-0.05, 0) is 85.6 Å². The molecular weight excluding hydrogens is 973 g/mol. The van der Waals surface area contributed by atoms with Crippen LogP contribution in [0.1, 0.15) is 30.4 Å². The number of aromatic nitrogens is 4. The van der Waals surface area contributed by atoms with Crippen molar-refractivity contribution in [3.05, 3.63) is 234 Å². The number of hydrogen-bond donors (Lipinski definition) is 0. The first kappa shape index (κ1) is 34.2. The molecule has 17 rings (SSSR count). The van der Waals surface area contributed by atoms with Gasteiger partial charge in [-0.25, -0.2) is 4.85 Å². The molecule has 6 aromatic heterocycles. The molecule has 0 spiro atoms. The predicted octanol–water partition coefficient (Wildman–Crippen LogP) is 19.4. The van der Waals surface area contributed by atoms with Crippen LogP contribution in [-0.2, 0) is 0 Å². The number of thiophene rings is 1. The molecule has 0 saturated heterocycles. The second-order valence-electron chi connectivity index (χ2n) is 19.8. The molecule has 8 heteroatoms. The lowest BCUT2D eigenvalue weighted by Gasteiger charge is -2.27. The van der Waals surface area contributed by atoms with E-state index >= 15 is 0 Å². The van der Waals surface area contributed by atoms with Crippen molar-refractivity contribution in [3.8, 4) is 28.8 Å². The number of aryl methyl sites for hydroxylation is 2. The van der Waals surface area contributed by atoms with Gasteiger partial charge in [-0.3, -0.25) is 0 Å². The summed E-state index contributed by atoms with van der Waals surface area (Å²) >= 11 is 1.65. The Balaban J connectivity index is 1.25. The van der Waals surface area contributed by atoms with Gasteiger partial charge in [-0.1, -0.05) is 145 Å². The first-order chi connectivity index (χ1) is 42.7. The molecule has 0 saturated carbocycles.